The lowest BCUT2D eigenvalue weighted by Gasteiger charge is -2.01. The van der Waals surface area contributed by atoms with Crippen LogP contribution in [0.25, 0.3) is 10.9 Å². The lowest BCUT2D eigenvalue weighted by molar-refractivity contribution is 0.865. The minimum absolute atomic E-state index is 0.600. The lowest BCUT2D eigenvalue weighted by Crippen LogP contribution is -1.96. The Morgan fingerprint density at radius 1 is 1.36 bits per heavy atom. The molecule has 2 rings (SSSR count). The summed E-state index contributed by atoms with van der Waals surface area (Å²) in [5.74, 6) is 0. The second-order valence-electron chi connectivity index (χ2n) is 3.35. The number of rotatable bonds is 3. The van der Waals surface area contributed by atoms with Crippen LogP contribution in [0.1, 0.15) is 5.56 Å². The number of hydrogen-bond acceptors (Lipinski definition) is 1. The van der Waals surface area contributed by atoms with E-state index in [1.807, 2.05) is 6.08 Å². The summed E-state index contributed by atoms with van der Waals surface area (Å²) >= 11 is 0. The summed E-state index contributed by atoms with van der Waals surface area (Å²) in [7, 11) is 0. The molecule has 0 spiro atoms. The van der Waals surface area contributed by atoms with Crippen LogP contribution < -0.4 is 5.73 Å². The summed E-state index contributed by atoms with van der Waals surface area (Å²) in [4.78, 5) is 0. The molecule has 14 heavy (non-hydrogen) atoms. The largest absolute Gasteiger partial charge is 0.344 e. The molecule has 2 nitrogen and oxygen atoms in total. The molecule has 0 aliphatic rings. The second kappa shape index (κ2) is 3.68. The van der Waals surface area contributed by atoms with Gasteiger partial charge >= 0.3 is 0 Å². The van der Waals surface area contributed by atoms with Crippen molar-refractivity contribution in [3.63, 3.8) is 0 Å². The molecule has 2 heteroatoms. The van der Waals surface area contributed by atoms with Crippen molar-refractivity contribution >= 4 is 10.9 Å². The van der Waals surface area contributed by atoms with Crippen LogP contribution in [0.2, 0.25) is 0 Å². The Bertz CT molecular complexity index is 454. The third-order valence-corrected chi connectivity index (χ3v) is 2.40. The van der Waals surface area contributed by atoms with E-state index in [9.17, 15) is 0 Å². The molecule has 0 unspecified atom stereocenters. The fourth-order valence-corrected chi connectivity index (χ4v) is 1.67. The Morgan fingerprint density at radius 2 is 2.21 bits per heavy atom. The molecule has 0 saturated heterocycles. The Hall–Kier alpha value is -1.54. The Morgan fingerprint density at radius 3 is 2.93 bits per heavy atom. The standard InChI is InChI=1S/C12H14N2/c1-2-6-14-7-5-11-8-10(9-13)3-4-12(11)14/h2-5,7-8H,1,6,9,13H2. The van der Waals surface area contributed by atoms with Crippen molar-refractivity contribution in [2.45, 2.75) is 13.1 Å². The number of fused-ring (bicyclic) bond motifs is 1. The minimum atomic E-state index is 0.600. The number of aromatic nitrogens is 1. The molecule has 0 atom stereocenters. The Balaban J connectivity index is 2.53. The highest BCUT2D eigenvalue weighted by molar-refractivity contribution is 5.80. The molecule has 0 amide bonds. The third-order valence-electron chi connectivity index (χ3n) is 2.40. The van der Waals surface area contributed by atoms with Gasteiger partial charge in [0.25, 0.3) is 0 Å². The highest BCUT2D eigenvalue weighted by Crippen LogP contribution is 2.17. The molecular formula is C12H14N2. The van der Waals surface area contributed by atoms with Crippen LogP contribution in [-0.2, 0) is 13.1 Å². The van der Waals surface area contributed by atoms with Gasteiger partial charge in [-0.25, -0.2) is 0 Å². The summed E-state index contributed by atoms with van der Waals surface area (Å²) in [5.41, 5.74) is 8.00. The number of hydrogen-bond donors (Lipinski definition) is 1. The van der Waals surface area contributed by atoms with Crippen molar-refractivity contribution in [2.75, 3.05) is 0 Å². The van der Waals surface area contributed by atoms with Gasteiger partial charge in [-0.1, -0.05) is 12.1 Å². The SMILES string of the molecule is C=CCn1ccc2cc(CN)ccc21. The molecule has 1 aromatic heterocycles. The van der Waals surface area contributed by atoms with Crippen molar-refractivity contribution in [3.05, 3.63) is 48.7 Å². The van der Waals surface area contributed by atoms with E-state index in [-0.39, 0.29) is 0 Å². The van der Waals surface area contributed by atoms with E-state index in [1.54, 1.807) is 0 Å². The first-order valence-corrected chi connectivity index (χ1v) is 4.74. The highest BCUT2D eigenvalue weighted by atomic mass is 14.9. The molecule has 0 saturated carbocycles. The van der Waals surface area contributed by atoms with E-state index >= 15 is 0 Å². The predicted molar refractivity (Wildman–Crippen MR) is 60.0 cm³/mol. The predicted octanol–water partition coefficient (Wildman–Crippen LogP) is 2.29. The number of nitrogens with two attached hydrogens (primary N) is 1. The topological polar surface area (TPSA) is 30.9 Å². The molecule has 72 valence electrons. The quantitative estimate of drug-likeness (QED) is 0.732. The zero-order valence-corrected chi connectivity index (χ0v) is 8.11. The van der Waals surface area contributed by atoms with Crippen LogP contribution >= 0.6 is 0 Å². The van der Waals surface area contributed by atoms with Gasteiger partial charge in [-0.15, -0.1) is 6.58 Å². The molecular weight excluding hydrogens is 172 g/mol. The zero-order chi connectivity index (χ0) is 9.97. The molecule has 0 radical (unpaired) electrons. The van der Waals surface area contributed by atoms with Crippen molar-refractivity contribution in [3.8, 4) is 0 Å². The zero-order valence-electron chi connectivity index (χ0n) is 8.11. The maximum absolute atomic E-state index is 5.58. The van der Waals surface area contributed by atoms with Crippen molar-refractivity contribution in [1.29, 1.82) is 0 Å². The van der Waals surface area contributed by atoms with Crippen molar-refractivity contribution in [1.82, 2.24) is 4.57 Å². The summed E-state index contributed by atoms with van der Waals surface area (Å²) in [6.07, 6.45) is 3.98. The molecule has 0 aliphatic carbocycles. The van der Waals surface area contributed by atoms with E-state index in [1.165, 1.54) is 16.5 Å². The molecule has 2 N–H and O–H groups in total. The Kier molecular flexibility index (Phi) is 2.37. The third kappa shape index (κ3) is 1.44. The van der Waals surface area contributed by atoms with Gasteiger partial charge in [0.1, 0.15) is 0 Å². The lowest BCUT2D eigenvalue weighted by atomic mass is 10.1. The molecule has 1 heterocycles. The maximum atomic E-state index is 5.58. The van der Waals surface area contributed by atoms with Gasteiger partial charge in [-0.3, -0.25) is 0 Å². The van der Waals surface area contributed by atoms with Crippen molar-refractivity contribution < 1.29 is 0 Å². The van der Waals surface area contributed by atoms with Crippen LogP contribution in [0.3, 0.4) is 0 Å². The molecule has 0 aliphatic heterocycles. The van der Waals surface area contributed by atoms with Crippen LogP contribution in [0.15, 0.2) is 43.1 Å². The molecule has 1 aromatic carbocycles. The van der Waals surface area contributed by atoms with E-state index in [4.69, 9.17) is 5.73 Å². The van der Waals surface area contributed by atoms with Crippen molar-refractivity contribution in [2.24, 2.45) is 5.73 Å². The smallest absolute Gasteiger partial charge is 0.0483 e. The van der Waals surface area contributed by atoms with Gasteiger partial charge in [-0.2, -0.15) is 0 Å². The van der Waals surface area contributed by atoms with Gasteiger partial charge in [0.05, 0.1) is 0 Å². The number of allylic oxidation sites excluding steroid dienone is 1. The summed E-state index contributed by atoms with van der Waals surface area (Å²) in [6, 6.07) is 8.43. The minimum Gasteiger partial charge on any atom is -0.344 e. The second-order valence-corrected chi connectivity index (χ2v) is 3.35. The first kappa shape index (κ1) is 9.03. The van der Waals surface area contributed by atoms with Gasteiger partial charge in [0, 0.05) is 24.8 Å². The Labute approximate surface area is 83.6 Å². The molecule has 2 aromatic rings. The molecule has 0 bridgehead atoms. The number of benzene rings is 1. The van der Waals surface area contributed by atoms with E-state index in [0.29, 0.717) is 6.54 Å². The van der Waals surface area contributed by atoms with Gasteiger partial charge < -0.3 is 10.3 Å². The van der Waals surface area contributed by atoms with Crippen LogP contribution in [0.5, 0.6) is 0 Å². The van der Waals surface area contributed by atoms with Gasteiger partial charge in [-0.05, 0) is 29.1 Å². The van der Waals surface area contributed by atoms with E-state index < -0.39 is 0 Å². The fourth-order valence-electron chi connectivity index (χ4n) is 1.67. The van der Waals surface area contributed by atoms with Gasteiger partial charge in [0.2, 0.25) is 0 Å². The fraction of sp³-hybridized carbons (Fsp3) is 0.167. The van der Waals surface area contributed by atoms with Crippen LogP contribution in [0, 0.1) is 0 Å². The average molecular weight is 186 g/mol. The van der Waals surface area contributed by atoms with Crippen LogP contribution in [-0.4, -0.2) is 4.57 Å². The maximum Gasteiger partial charge on any atom is 0.0483 e. The first-order chi connectivity index (χ1) is 6.85. The number of nitrogens with zero attached hydrogens (tertiary/aromatic N) is 1. The van der Waals surface area contributed by atoms with E-state index in [2.05, 4.69) is 41.6 Å². The average Bonchev–Trinajstić information content (AvgIpc) is 2.61. The van der Waals surface area contributed by atoms with Crippen LogP contribution in [0.4, 0.5) is 0 Å². The first-order valence-electron chi connectivity index (χ1n) is 4.74. The van der Waals surface area contributed by atoms with E-state index in [0.717, 1.165) is 6.54 Å². The summed E-state index contributed by atoms with van der Waals surface area (Å²) in [6.45, 7) is 5.19. The molecule has 0 fully saturated rings. The normalized spacial score (nSPS) is 10.6. The highest BCUT2D eigenvalue weighted by Gasteiger charge is 1.99. The van der Waals surface area contributed by atoms with Gasteiger partial charge in [0.15, 0.2) is 0 Å². The summed E-state index contributed by atoms with van der Waals surface area (Å²) in [5, 5.41) is 1.25. The monoisotopic (exact) mass is 186 g/mol. The summed E-state index contributed by atoms with van der Waals surface area (Å²) < 4.78 is 2.17.